The molecule has 21 heavy (non-hydrogen) atoms. The smallest absolute Gasteiger partial charge is 0.161 e. The molecule has 0 unspecified atom stereocenters. The standard InChI is InChI=1S/C18H17ClN2/c1-11(2)13-7-9-14(10-8-13)18-20-15-6-4-5-12(3)16(15)17(19)21-18/h4-11H,1-3H3. The van der Waals surface area contributed by atoms with Gasteiger partial charge in [0.05, 0.1) is 5.52 Å². The van der Waals surface area contributed by atoms with Gasteiger partial charge in [-0.3, -0.25) is 0 Å². The van der Waals surface area contributed by atoms with Crippen molar-refractivity contribution < 1.29 is 0 Å². The number of aromatic nitrogens is 2. The van der Waals surface area contributed by atoms with Crippen molar-refractivity contribution in [2.75, 3.05) is 0 Å². The van der Waals surface area contributed by atoms with E-state index >= 15 is 0 Å². The normalized spacial score (nSPS) is 11.3. The van der Waals surface area contributed by atoms with Crippen molar-refractivity contribution in [3.05, 3.63) is 58.7 Å². The van der Waals surface area contributed by atoms with Gasteiger partial charge in [0.25, 0.3) is 0 Å². The molecule has 0 spiro atoms. The second kappa shape index (κ2) is 5.45. The molecule has 0 N–H and O–H groups in total. The van der Waals surface area contributed by atoms with Gasteiger partial charge in [-0.2, -0.15) is 0 Å². The summed E-state index contributed by atoms with van der Waals surface area (Å²) in [6, 6.07) is 14.4. The van der Waals surface area contributed by atoms with E-state index in [-0.39, 0.29) is 0 Å². The van der Waals surface area contributed by atoms with Crippen molar-refractivity contribution in [1.82, 2.24) is 9.97 Å². The second-order valence-electron chi connectivity index (χ2n) is 5.58. The van der Waals surface area contributed by atoms with Gasteiger partial charge < -0.3 is 0 Å². The quantitative estimate of drug-likeness (QED) is 0.593. The van der Waals surface area contributed by atoms with Crippen LogP contribution in [0.5, 0.6) is 0 Å². The van der Waals surface area contributed by atoms with Crippen LogP contribution in [0.2, 0.25) is 5.15 Å². The molecule has 0 saturated carbocycles. The summed E-state index contributed by atoms with van der Waals surface area (Å²) in [5, 5.41) is 1.45. The first-order valence-electron chi connectivity index (χ1n) is 7.09. The molecule has 3 rings (SSSR count). The second-order valence-corrected chi connectivity index (χ2v) is 5.94. The van der Waals surface area contributed by atoms with Gasteiger partial charge in [0.15, 0.2) is 5.82 Å². The van der Waals surface area contributed by atoms with Crippen molar-refractivity contribution in [3.63, 3.8) is 0 Å². The first kappa shape index (κ1) is 14.0. The van der Waals surface area contributed by atoms with Gasteiger partial charge in [0.2, 0.25) is 0 Å². The number of hydrogen-bond donors (Lipinski definition) is 0. The third-order valence-corrected chi connectivity index (χ3v) is 4.00. The largest absolute Gasteiger partial charge is 0.228 e. The molecular weight excluding hydrogens is 280 g/mol. The van der Waals surface area contributed by atoms with Crippen molar-refractivity contribution in [2.24, 2.45) is 0 Å². The van der Waals surface area contributed by atoms with Crippen molar-refractivity contribution in [1.29, 1.82) is 0 Å². The molecule has 0 aliphatic heterocycles. The van der Waals surface area contributed by atoms with Crippen molar-refractivity contribution >= 4 is 22.5 Å². The van der Waals surface area contributed by atoms with Crippen LogP contribution in [0, 0.1) is 6.92 Å². The van der Waals surface area contributed by atoms with Gasteiger partial charge in [-0.05, 0) is 30.0 Å². The third kappa shape index (κ3) is 2.64. The zero-order chi connectivity index (χ0) is 15.0. The highest BCUT2D eigenvalue weighted by Gasteiger charge is 2.10. The minimum atomic E-state index is 0.515. The van der Waals surface area contributed by atoms with E-state index in [0.717, 1.165) is 22.0 Å². The summed E-state index contributed by atoms with van der Waals surface area (Å²) in [4.78, 5) is 9.11. The average molecular weight is 297 g/mol. The maximum atomic E-state index is 6.35. The molecule has 0 saturated heterocycles. The Morgan fingerprint density at radius 2 is 1.67 bits per heavy atom. The number of rotatable bonds is 2. The Kier molecular flexibility index (Phi) is 3.64. The molecule has 3 heteroatoms. The summed E-state index contributed by atoms with van der Waals surface area (Å²) in [5.41, 5.74) is 4.28. The Labute approximate surface area is 129 Å². The lowest BCUT2D eigenvalue weighted by Crippen LogP contribution is -1.94. The Hall–Kier alpha value is -1.93. The fourth-order valence-electron chi connectivity index (χ4n) is 2.45. The lowest BCUT2D eigenvalue weighted by Gasteiger charge is -2.08. The van der Waals surface area contributed by atoms with Crippen LogP contribution in [-0.4, -0.2) is 9.97 Å². The van der Waals surface area contributed by atoms with Gasteiger partial charge in [-0.25, -0.2) is 9.97 Å². The molecule has 0 bridgehead atoms. The summed E-state index contributed by atoms with van der Waals surface area (Å²) in [6.45, 7) is 6.39. The lowest BCUT2D eigenvalue weighted by atomic mass is 10.0. The number of fused-ring (bicyclic) bond motifs is 1. The molecule has 0 atom stereocenters. The molecule has 106 valence electrons. The molecule has 2 nitrogen and oxygen atoms in total. The van der Waals surface area contributed by atoms with Gasteiger partial charge >= 0.3 is 0 Å². The van der Waals surface area contributed by atoms with Crippen LogP contribution in [0.1, 0.15) is 30.9 Å². The third-order valence-electron chi connectivity index (χ3n) is 3.72. The van der Waals surface area contributed by atoms with Crippen LogP contribution in [-0.2, 0) is 0 Å². The number of aryl methyl sites for hydroxylation is 1. The highest BCUT2D eigenvalue weighted by atomic mass is 35.5. The van der Waals surface area contributed by atoms with Gasteiger partial charge in [0, 0.05) is 10.9 Å². The summed E-state index contributed by atoms with van der Waals surface area (Å²) in [5.74, 6) is 1.19. The highest BCUT2D eigenvalue weighted by molar-refractivity contribution is 6.34. The molecular formula is C18H17ClN2. The summed E-state index contributed by atoms with van der Waals surface area (Å²) in [7, 11) is 0. The number of hydrogen-bond acceptors (Lipinski definition) is 2. The van der Waals surface area contributed by atoms with E-state index in [0.29, 0.717) is 16.9 Å². The predicted octanol–water partition coefficient (Wildman–Crippen LogP) is 5.38. The van der Waals surface area contributed by atoms with Crippen molar-refractivity contribution in [3.8, 4) is 11.4 Å². The Bertz CT molecular complexity index is 792. The van der Waals surface area contributed by atoms with Crippen LogP contribution >= 0.6 is 11.6 Å². The Morgan fingerprint density at radius 3 is 2.33 bits per heavy atom. The zero-order valence-electron chi connectivity index (χ0n) is 12.4. The van der Waals surface area contributed by atoms with Gasteiger partial charge in [-0.1, -0.05) is 61.8 Å². The van der Waals surface area contributed by atoms with Gasteiger partial charge in [0.1, 0.15) is 5.15 Å². The number of benzene rings is 2. The van der Waals surface area contributed by atoms with Crippen LogP contribution < -0.4 is 0 Å². The van der Waals surface area contributed by atoms with E-state index in [1.165, 1.54) is 5.56 Å². The fraction of sp³-hybridized carbons (Fsp3) is 0.222. The molecule has 0 radical (unpaired) electrons. The van der Waals surface area contributed by atoms with E-state index in [4.69, 9.17) is 11.6 Å². The van der Waals surface area contributed by atoms with E-state index in [1.807, 2.05) is 25.1 Å². The first-order chi connectivity index (χ1) is 10.1. The molecule has 3 aromatic rings. The van der Waals surface area contributed by atoms with Crippen LogP contribution in [0.3, 0.4) is 0 Å². The lowest BCUT2D eigenvalue weighted by molar-refractivity contribution is 0.867. The number of halogens is 1. The van der Waals surface area contributed by atoms with Crippen LogP contribution in [0.15, 0.2) is 42.5 Å². The zero-order valence-corrected chi connectivity index (χ0v) is 13.1. The topological polar surface area (TPSA) is 25.8 Å². The van der Waals surface area contributed by atoms with E-state index in [1.54, 1.807) is 0 Å². The van der Waals surface area contributed by atoms with Crippen LogP contribution in [0.4, 0.5) is 0 Å². The predicted molar refractivity (Wildman–Crippen MR) is 88.8 cm³/mol. The maximum absolute atomic E-state index is 6.35. The van der Waals surface area contributed by atoms with E-state index in [2.05, 4.69) is 48.1 Å². The Morgan fingerprint density at radius 1 is 0.952 bits per heavy atom. The maximum Gasteiger partial charge on any atom is 0.161 e. The van der Waals surface area contributed by atoms with Gasteiger partial charge in [-0.15, -0.1) is 0 Å². The molecule has 0 fully saturated rings. The fourth-order valence-corrected chi connectivity index (χ4v) is 2.77. The summed E-state index contributed by atoms with van der Waals surface area (Å²) >= 11 is 6.35. The minimum Gasteiger partial charge on any atom is -0.228 e. The summed E-state index contributed by atoms with van der Waals surface area (Å²) < 4.78 is 0. The molecule has 1 aromatic heterocycles. The first-order valence-corrected chi connectivity index (χ1v) is 7.47. The van der Waals surface area contributed by atoms with E-state index in [9.17, 15) is 0 Å². The van der Waals surface area contributed by atoms with E-state index < -0.39 is 0 Å². The molecule has 0 amide bonds. The molecule has 0 aliphatic rings. The van der Waals surface area contributed by atoms with Crippen molar-refractivity contribution in [2.45, 2.75) is 26.7 Å². The SMILES string of the molecule is Cc1cccc2nc(-c3ccc(C(C)C)cc3)nc(Cl)c12. The molecule has 1 heterocycles. The summed E-state index contributed by atoms with van der Waals surface area (Å²) in [6.07, 6.45) is 0. The Balaban J connectivity index is 2.13. The highest BCUT2D eigenvalue weighted by Crippen LogP contribution is 2.27. The monoisotopic (exact) mass is 296 g/mol. The molecule has 0 aliphatic carbocycles. The average Bonchev–Trinajstić information content (AvgIpc) is 2.47. The molecule has 2 aromatic carbocycles. The number of nitrogens with zero attached hydrogens (tertiary/aromatic N) is 2. The minimum absolute atomic E-state index is 0.515. The van der Waals surface area contributed by atoms with Crippen LogP contribution in [0.25, 0.3) is 22.3 Å².